The Bertz CT molecular complexity index is 1420. The summed E-state index contributed by atoms with van der Waals surface area (Å²) in [7, 11) is 1.58. The summed E-state index contributed by atoms with van der Waals surface area (Å²) in [4.78, 5) is 25.5. The van der Waals surface area contributed by atoms with Crippen molar-refractivity contribution in [3.8, 4) is 11.5 Å². The molecule has 210 valence electrons. The summed E-state index contributed by atoms with van der Waals surface area (Å²) in [6, 6.07) is 21.2. The van der Waals surface area contributed by atoms with Gasteiger partial charge in [-0.25, -0.2) is 9.59 Å². The minimum Gasteiger partial charge on any atom is -0.497 e. The minimum atomic E-state index is -0.948. The third-order valence-corrected chi connectivity index (χ3v) is 6.34. The lowest BCUT2D eigenvalue weighted by Crippen LogP contribution is -2.45. The van der Waals surface area contributed by atoms with Gasteiger partial charge in [-0.3, -0.25) is 0 Å². The number of hydrogen-bond acceptors (Lipinski definition) is 9. The van der Waals surface area contributed by atoms with Crippen molar-refractivity contribution in [2.45, 2.75) is 45.4 Å². The molecule has 0 aliphatic rings. The summed E-state index contributed by atoms with van der Waals surface area (Å²) < 4.78 is 23.6. The van der Waals surface area contributed by atoms with E-state index in [1.807, 2.05) is 60.7 Å². The Morgan fingerprint density at radius 3 is 2.33 bits per heavy atom. The fraction of sp³-hybridized carbons (Fsp3) is 0.310. The summed E-state index contributed by atoms with van der Waals surface area (Å²) in [5, 5.41) is 10.9. The first kappa shape index (κ1) is 28.8. The van der Waals surface area contributed by atoms with Crippen molar-refractivity contribution in [3.05, 3.63) is 83.9 Å². The highest BCUT2D eigenvalue weighted by molar-refractivity contribution is 7.97. The summed E-state index contributed by atoms with van der Waals surface area (Å²) >= 11 is 1.38. The number of nitrogens with zero attached hydrogens (tertiary/aromatic N) is 3. The molecule has 0 aliphatic carbocycles. The Balaban J connectivity index is 1.35. The van der Waals surface area contributed by atoms with E-state index in [4.69, 9.17) is 18.9 Å². The third kappa shape index (κ3) is 8.37. The van der Waals surface area contributed by atoms with Crippen LogP contribution in [-0.4, -0.2) is 51.2 Å². The van der Waals surface area contributed by atoms with Gasteiger partial charge in [0.1, 0.15) is 40.8 Å². The maximum atomic E-state index is 13.0. The molecule has 1 amide bonds. The normalized spacial score (nSPS) is 12.0. The molecule has 0 saturated heterocycles. The summed E-state index contributed by atoms with van der Waals surface area (Å²) in [5.41, 5.74) is 2.62. The molecule has 1 heterocycles. The van der Waals surface area contributed by atoms with Crippen LogP contribution in [0.4, 0.5) is 4.79 Å². The van der Waals surface area contributed by atoms with Crippen LogP contribution in [0.25, 0.3) is 11.0 Å². The molecule has 11 heteroatoms. The van der Waals surface area contributed by atoms with Crippen molar-refractivity contribution in [2.75, 3.05) is 13.0 Å². The van der Waals surface area contributed by atoms with Crippen LogP contribution in [0.1, 0.15) is 31.9 Å². The molecule has 3 aromatic carbocycles. The molecule has 0 fully saturated rings. The monoisotopic (exact) mass is 564 g/mol. The minimum absolute atomic E-state index is 0.0564. The van der Waals surface area contributed by atoms with Crippen LogP contribution in [0.2, 0.25) is 0 Å². The number of alkyl carbamates (subject to hydrolysis) is 1. The molecule has 1 aromatic heterocycles. The molecule has 0 unspecified atom stereocenters. The van der Waals surface area contributed by atoms with Crippen molar-refractivity contribution >= 4 is 35.0 Å². The van der Waals surface area contributed by atoms with Gasteiger partial charge in [-0.2, -0.15) is 4.09 Å². The number of carbonyl (C=O) groups excluding carboxylic acids is 2. The average Bonchev–Trinajstić information content (AvgIpc) is 3.34. The fourth-order valence-electron chi connectivity index (χ4n) is 3.66. The number of benzene rings is 3. The van der Waals surface area contributed by atoms with Gasteiger partial charge >= 0.3 is 12.1 Å². The van der Waals surface area contributed by atoms with Crippen molar-refractivity contribution in [1.82, 2.24) is 19.7 Å². The summed E-state index contributed by atoms with van der Waals surface area (Å²) in [6.45, 7) is 5.32. The summed E-state index contributed by atoms with van der Waals surface area (Å²) in [6.07, 6.45) is -0.489. The van der Waals surface area contributed by atoms with Crippen LogP contribution in [0.3, 0.4) is 0 Å². The van der Waals surface area contributed by atoms with Gasteiger partial charge < -0.3 is 24.3 Å². The van der Waals surface area contributed by atoms with Crippen LogP contribution in [-0.2, 0) is 27.3 Å². The lowest BCUT2D eigenvalue weighted by atomic mass is 10.1. The van der Waals surface area contributed by atoms with E-state index in [-0.39, 0.29) is 13.0 Å². The first-order valence-corrected chi connectivity index (χ1v) is 13.6. The first-order chi connectivity index (χ1) is 19.2. The molecule has 10 nitrogen and oxygen atoms in total. The molecule has 1 N–H and O–H groups in total. The van der Waals surface area contributed by atoms with Crippen LogP contribution >= 0.6 is 11.9 Å². The van der Waals surface area contributed by atoms with Gasteiger partial charge in [-0.05, 0) is 68.3 Å². The number of aromatic nitrogens is 3. The average molecular weight is 565 g/mol. The number of para-hydroxylation sites is 1. The molecule has 4 rings (SSSR count). The quantitative estimate of drug-likeness (QED) is 0.195. The van der Waals surface area contributed by atoms with Gasteiger partial charge in [-0.15, -0.1) is 5.10 Å². The zero-order chi connectivity index (χ0) is 28.5. The number of rotatable bonds is 11. The molecule has 0 radical (unpaired) electrons. The second-order valence-electron chi connectivity index (χ2n) is 9.85. The van der Waals surface area contributed by atoms with Gasteiger partial charge in [0, 0.05) is 18.4 Å². The molecule has 0 spiro atoms. The lowest BCUT2D eigenvalue weighted by molar-refractivity contribution is -0.147. The second kappa shape index (κ2) is 13.2. The second-order valence-corrected chi connectivity index (χ2v) is 10.7. The van der Waals surface area contributed by atoms with Crippen LogP contribution in [0.15, 0.2) is 72.8 Å². The molecule has 0 bridgehead atoms. The Labute approximate surface area is 237 Å². The van der Waals surface area contributed by atoms with Gasteiger partial charge in [0.2, 0.25) is 0 Å². The van der Waals surface area contributed by atoms with Crippen molar-refractivity contribution in [2.24, 2.45) is 0 Å². The highest BCUT2D eigenvalue weighted by Crippen LogP contribution is 2.20. The zero-order valence-electron chi connectivity index (χ0n) is 22.8. The smallest absolute Gasteiger partial charge is 0.408 e. The molecule has 1 atom stereocenters. The molecular weight excluding hydrogens is 532 g/mol. The van der Waals surface area contributed by atoms with Crippen molar-refractivity contribution in [1.29, 1.82) is 0 Å². The first-order valence-electron chi connectivity index (χ1n) is 12.6. The number of nitrogens with one attached hydrogen (secondary N) is 1. The Morgan fingerprint density at radius 2 is 1.62 bits per heavy atom. The van der Waals surface area contributed by atoms with Gasteiger partial charge in [0.05, 0.1) is 7.11 Å². The number of hydrogen-bond donors (Lipinski definition) is 1. The highest BCUT2D eigenvalue weighted by atomic mass is 32.2. The van der Waals surface area contributed by atoms with E-state index in [0.717, 1.165) is 22.2 Å². The number of esters is 1. The predicted octanol–water partition coefficient (Wildman–Crippen LogP) is 5.15. The number of fused-ring (bicyclic) bond motifs is 1. The van der Waals surface area contributed by atoms with Gasteiger partial charge in [0.15, 0.2) is 5.94 Å². The van der Waals surface area contributed by atoms with Crippen molar-refractivity contribution < 1.29 is 28.5 Å². The number of amides is 1. The molecule has 0 saturated carbocycles. The lowest BCUT2D eigenvalue weighted by Gasteiger charge is -2.23. The maximum absolute atomic E-state index is 13.0. The van der Waals surface area contributed by atoms with E-state index >= 15 is 0 Å². The Kier molecular flexibility index (Phi) is 9.49. The molecular formula is C29H32N4O6S. The standard InChI is InChI=1S/C29H32N4O6S/c1-29(2,3)39-28(35)30-25(27(34)37-18-21-11-13-22(36-4)14-12-21)17-20-9-15-23(16-10-20)38-19-40-33-26-8-6-5-7-24(26)31-32-33/h5-16,25H,17-19H2,1-4H3,(H,30,35)/t25-/m1/s1. The fourth-order valence-corrected chi connectivity index (χ4v) is 4.33. The third-order valence-electron chi connectivity index (χ3n) is 5.60. The van der Waals surface area contributed by atoms with E-state index in [1.54, 1.807) is 44.1 Å². The largest absolute Gasteiger partial charge is 0.497 e. The molecule has 40 heavy (non-hydrogen) atoms. The van der Waals surface area contributed by atoms with E-state index in [9.17, 15) is 9.59 Å². The number of methoxy groups -OCH3 is 1. The maximum Gasteiger partial charge on any atom is 0.408 e. The van der Waals surface area contributed by atoms with E-state index < -0.39 is 23.7 Å². The Hall–Kier alpha value is -4.25. The summed E-state index contributed by atoms with van der Waals surface area (Å²) in [5.74, 6) is 1.11. The zero-order valence-corrected chi connectivity index (χ0v) is 23.6. The SMILES string of the molecule is COc1ccc(COC(=O)[C@@H](Cc2ccc(OCSn3nnc4ccccc43)cc2)NC(=O)OC(C)(C)C)cc1. The Morgan fingerprint density at radius 1 is 0.950 bits per heavy atom. The van der Waals surface area contributed by atoms with Crippen LogP contribution in [0, 0.1) is 0 Å². The van der Waals surface area contributed by atoms with E-state index in [1.165, 1.54) is 11.9 Å². The van der Waals surface area contributed by atoms with Crippen LogP contribution < -0.4 is 14.8 Å². The number of ether oxygens (including phenoxy) is 4. The highest BCUT2D eigenvalue weighted by Gasteiger charge is 2.26. The van der Waals surface area contributed by atoms with E-state index in [0.29, 0.717) is 17.4 Å². The number of carbonyl (C=O) groups is 2. The van der Waals surface area contributed by atoms with Gasteiger partial charge in [-0.1, -0.05) is 41.6 Å². The van der Waals surface area contributed by atoms with Crippen molar-refractivity contribution in [3.63, 3.8) is 0 Å². The van der Waals surface area contributed by atoms with Gasteiger partial charge in [0.25, 0.3) is 0 Å². The van der Waals surface area contributed by atoms with Crippen LogP contribution in [0.5, 0.6) is 11.5 Å². The molecule has 4 aromatic rings. The molecule has 0 aliphatic heterocycles. The van der Waals surface area contributed by atoms with E-state index in [2.05, 4.69) is 15.6 Å². The topological polar surface area (TPSA) is 114 Å². The predicted molar refractivity (Wildman–Crippen MR) is 152 cm³/mol.